The Kier molecular flexibility index (Phi) is 14.0. The molecule has 312 valence electrons. The first-order chi connectivity index (χ1) is 27.2. The number of aromatic amines is 1. The van der Waals surface area contributed by atoms with Crippen molar-refractivity contribution in [1.29, 1.82) is 0 Å². The Morgan fingerprint density at radius 1 is 1.04 bits per heavy atom. The van der Waals surface area contributed by atoms with Crippen molar-refractivity contribution >= 4 is 23.7 Å². The molecule has 2 aromatic rings. The molecule has 1 aromatic heterocycles. The molecule has 0 radical (unpaired) electrons. The van der Waals surface area contributed by atoms with Gasteiger partial charge in [0.05, 0.1) is 21.3 Å². The van der Waals surface area contributed by atoms with E-state index in [1.807, 2.05) is 6.92 Å². The number of esters is 1. The van der Waals surface area contributed by atoms with E-state index in [4.69, 9.17) is 43.6 Å². The van der Waals surface area contributed by atoms with E-state index in [2.05, 4.69) is 15.6 Å². The number of benzene rings is 1. The van der Waals surface area contributed by atoms with Crippen molar-refractivity contribution in [3.63, 3.8) is 0 Å². The summed E-state index contributed by atoms with van der Waals surface area (Å²) in [5, 5.41) is 26.8. The largest absolute Gasteiger partial charge is 0.493 e. The molecule has 4 heterocycles. The summed E-state index contributed by atoms with van der Waals surface area (Å²) in [6, 6.07) is 3.29. The van der Waals surface area contributed by atoms with Crippen LogP contribution in [0.2, 0.25) is 0 Å². The summed E-state index contributed by atoms with van der Waals surface area (Å²) in [4.78, 5) is 79.3. The minimum atomic E-state index is -1.93. The van der Waals surface area contributed by atoms with Crippen molar-refractivity contribution in [3.05, 3.63) is 62.6 Å². The highest BCUT2D eigenvalue weighted by atomic mass is 16.7. The fourth-order valence-electron chi connectivity index (χ4n) is 6.77. The van der Waals surface area contributed by atoms with Crippen LogP contribution in [0.25, 0.3) is 0 Å². The van der Waals surface area contributed by atoms with Crippen LogP contribution in [0.4, 0.5) is 0 Å². The Balaban J connectivity index is 1.37. The second-order valence-electron chi connectivity index (χ2n) is 13.5. The van der Waals surface area contributed by atoms with Crippen molar-refractivity contribution in [1.82, 2.24) is 20.2 Å². The van der Waals surface area contributed by atoms with Gasteiger partial charge in [0.1, 0.15) is 30.5 Å². The van der Waals surface area contributed by atoms with E-state index in [0.29, 0.717) is 42.1 Å². The Morgan fingerprint density at radius 3 is 2.35 bits per heavy atom. The number of H-pyrrole nitrogens is 1. The van der Waals surface area contributed by atoms with Crippen LogP contribution in [-0.2, 0) is 49.3 Å². The van der Waals surface area contributed by atoms with Gasteiger partial charge in [0.25, 0.3) is 11.5 Å². The average Bonchev–Trinajstić information content (AvgIpc) is 3.43. The summed E-state index contributed by atoms with van der Waals surface area (Å²) in [6.07, 6.45) is -9.97. The Labute approximate surface area is 325 Å². The lowest BCUT2D eigenvalue weighted by Gasteiger charge is -2.35. The lowest BCUT2D eigenvalue weighted by molar-refractivity contribution is -0.241. The zero-order valence-electron chi connectivity index (χ0n) is 31.8. The number of nitrogens with two attached hydrogens (primary N) is 1. The number of ether oxygens (including phenoxy) is 8. The van der Waals surface area contributed by atoms with Gasteiger partial charge in [0.2, 0.25) is 23.9 Å². The number of methoxy groups -OCH3 is 4. The molecule has 0 aliphatic carbocycles. The Morgan fingerprint density at radius 2 is 1.74 bits per heavy atom. The summed E-state index contributed by atoms with van der Waals surface area (Å²) in [6.45, 7) is 1.83. The second kappa shape index (κ2) is 18.6. The highest BCUT2D eigenvalue weighted by Gasteiger charge is 2.55. The fourth-order valence-corrected chi connectivity index (χ4v) is 6.77. The number of aryl methyl sites for hydroxylation is 1. The van der Waals surface area contributed by atoms with E-state index in [0.717, 1.165) is 22.9 Å². The quantitative estimate of drug-likeness (QED) is 0.106. The lowest BCUT2D eigenvalue weighted by atomic mass is 10.0. The highest BCUT2D eigenvalue weighted by Crippen LogP contribution is 2.39. The molecule has 57 heavy (non-hydrogen) atoms. The molecule has 2 saturated heterocycles. The van der Waals surface area contributed by atoms with Crippen LogP contribution in [0.1, 0.15) is 44.4 Å². The first kappa shape index (κ1) is 42.7. The molecule has 2 fully saturated rings. The third-order valence-electron chi connectivity index (χ3n) is 9.65. The minimum absolute atomic E-state index is 0.0992. The number of carbonyl (C=O) groups is 4. The van der Waals surface area contributed by atoms with Gasteiger partial charge in [0, 0.05) is 31.8 Å². The number of aliphatic hydroxyl groups is 2. The molecule has 10 unspecified atom stereocenters. The van der Waals surface area contributed by atoms with Gasteiger partial charge in [-0.1, -0.05) is 0 Å². The number of hydrogen-bond acceptors (Lipinski definition) is 16. The maximum atomic E-state index is 13.4. The van der Waals surface area contributed by atoms with Crippen molar-refractivity contribution in [2.24, 2.45) is 5.73 Å². The van der Waals surface area contributed by atoms with Gasteiger partial charge >= 0.3 is 11.7 Å². The van der Waals surface area contributed by atoms with Gasteiger partial charge in [-0.3, -0.25) is 33.5 Å². The van der Waals surface area contributed by atoms with Crippen LogP contribution in [0.15, 0.2) is 45.8 Å². The zero-order chi connectivity index (χ0) is 41.6. The van der Waals surface area contributed by atoms with E-state index in [-0.39, 0.29) is 18.9 Å². The van der Waals surface area contributed by atoms with E-state index in [9.17, 15) is 39.0 Å². The van der Waals surface area contributed by atoms with Crippen LogP contribution >= 0.6 is 0 Å². The van der Waals surface area contributed by atoms with Gasteiger partial charge in [-0.05, 0) is 56.4 Å². The third-order valence-corrected chi connectivity index (χ3v) is 9.65. The lowest BCUT2D eigenvalue weighted by Crippen LogP contribution is -2.54. The molecular formula is C36H47N5O16. The summed E-state index contributed by atoms with van der Waals surface area (Å²) in [5.41, 5.74) is 4.67. The molecule has 3 aliphatic rings. The third kappa shape index (κ3) is 9.74. The number of rotatable bonds is 15. The maximum Gasteiger partial charge on any atom is 0.330 e. The fraction of sp³-hybridized carbons (Fsp3) is 0.556. The minimum Gasteiger partial charge on any atom is -0.493 e. The van der Waals surface area contributed by atoms with Crippen molar-refractivity contribution in [2.45, 2.75) is 100 Å². The normalized spacial score (nSPS) is 27.8. The van der Waals surface area contributed by atoms with E-state index >= 15 is 0 Å². The molecule has 21 heteroatoms. The number of hydrogen-bond donors (Lipinski definition) is 6. The molecule has 1 aromatic carbocycles. The van der Waals surface area contributed by atoms with Gasteiger partial charge < -0.3 is 64.5 Å². The van der Waals surface area contributed by atoms with Crippen LogP contribution in [0.3, 0.4) is 0 Å². The molecule has 7 N–H and O–H groups in total. The number of amides is 3. The van der Waals surface area contributed by atoms with Crippen molar-refractivity contribution in [2.75, 3.05) is 28.4 Å². The predicted molar refractivity (Wildman–Crippen MR) is 193 cm³/mol. The molecule has 3 amide bonds. The average molecular weight is 806 g/mol. The van der Waals surface area contributed by atoms with Gasteiger partial charge in [0.15, 0.2) is 35.7 Å². The predicted octanol–water partition coefficient (Wildman–Crippen LogP) is -1.97. The molecule has 21 nitrogen and oxygen atoms in total. The van der Waals surface area contributed by atoms with E-state index in [1.54, 1.807) is 12.1 Å². The van der Waals surface area contributed by atoms with Crippen LogP contribution < -0.4 is 41.8 Å². The number of nitrogens with one attached hydrogen (secondary N) is 3. The zero-order valence-corrected chi connectivity index (χ0v) is 31.8. The second-order valence-corrected chi connectivity index (χ2v) is 13.5. The van der Waals surface area contributed by atoms with Crippen molar-refractivity contribution in [3.8, 4) is 17.2 Å². The SMILES string of the molecule is COc1cc(CCC(=O)OC2C(OC)C(C(OC3OC(C(=O)NC4CCCC(C)NC4=O)=CC(O)C3O)C(N)=O)OC2n2ccc(=O)[nH]c2=O)cc(OC)c1OC. The maximum absolute atomic E-state index is 13.4. The molecule has 10 atom stereocenters. The molecule has 0 spiro atoms. The Hall–Kier alpha value is -5.48. The number of aromatic nitrogens is 2. The summed E-state index contributed by atoms with van der Waals surface area (Å²) in [7, 11) is 5.52. The topological polar surface area (TPSA) is 288 Å². The van der Waals surface area contributed by atoms with Gasteiger partial charge in [-0.15, -0.1) is 0 Å². The van der Waals surface area contributed by atoms with Crippen LogP contribution in [-0.4, -0.2) is 127 Å². The Bertz CT molecular complexity index is 1920. The number of nitrogens with zero attached hydrogens (tertiary/aromatic N) is 1. The summed E-state index contributed by atoms with van der Waals surface area (Å²) in [5.74, 6) is -2.81. The highest BCUT2D eigenvalue weighted by molar-refractivity contribution is 5.95. The summed E-state index contributed by atoms with van der Waals surface area (Å²) < 4.78 is 46.0. The first-order valence-corrected chi connectivity index (χ1v) is 18.0. The molecule has 0 bridgehead atoms. The molecule has 0 saturated carbocycles. The molecule has 5 rings (SSSR count). The van der Waals surface area contributed by atoms with Gasteiger partial charge in [-0.25, -0.2) is 4.79 Å². The first-order valence-electron chi connectivity index (χ1n) is 18.0. The van der Waals surface area contributed by atoms with Crippen molar-refractivity contribution < 1.29 is 67.3 Å². The number of carbonyl (C=O) groups excluding carboxylic acids is 4. The monoisotopic (exact) mass is 805 g/mol. The summed E-state index contributed by atoms with van der Waals surface area (Å²) >= 11 is 0. The molecular weight excluding hydrogens is 758 g/mol. The number of aliphatic hydroxyl groups excluding tert-OH is 2. The number of primary amides is 1. The van der Waals surface area contributed by atoms with Crippen LogP contribution in [0.5, 0.6) is 17.2 Å². The van der Waals surface area contributed by atoms with E-state index < -0.39 is 95.9 Å². The van der Waals surface area contributed by atoms with E-state index in [1.165, 1.54) is 28.4 Å². The standard InChI is InChI=1S/C36H47N5O16/c1-16-7-6-8-18(32(47)38-16)39-33(48)22-15-19(42)25(45)35(54-22)57-29(31(37)46)28-27(53-5)30(34(56-28)41-12-11-23(43)40-36(41)49)55-24(44)10-9-17-13-20(50-2)26(52-4)21(14-17)51-3/h11-16,18-19,25,27-30,34-35,42,45H,6-10H2,1-5H3,(H2,37,46)(H,38,47)(H,39,48)(H,40,43,49). The van der Waals surface area contributed by atoms with Gasteiger partial charge in [-0.2, -0.15) is 0 Å². The van der Waals surface area contributed by atoms with Crippen LogP contribution in [0, 0.1) is 0 Å². The molecule has 3 aliphatic heterocycles. The smallest absolute Gasteiger partial charge is 0.330 e.